The molecule has 2 fully saturated rings. The van der Waals surface area contributed by atoms with Gasteiger partial charge in [-0.2, -0.15) is 0 Å². The van der Waals surface area contributed by atoms with Crippen LogP contribution in [0.3, 0.4) is 0 Å². The molecular weight excluding hydrogens is 244 g/mol. The van der Waals surface area contributed by atoms with Gasteiger partial charge in [0.25, 0.3) is 0 Å². The first-order chi connectivity index (χ1) is 9.24. The van der Waals surface area contributed by atoms with Crippen LogP contribution < -0.4 is 5.32 Å². The Morgan fingerprint density at radius 3 is 2.95 bits per heavy atom. The van der Waals surface area contributed by atoms with E-state index in [2.05, 4.69) is 20.5 Å². The fourth-order valence-electron chi connectivity index (χ4n) is 3.32. The summed E-state index contributed by atoms with van der Waals surface area (Å²) in [4.78, 5) is 2.43. The molecule has 1 aliphatic heterocycles. The molecule has 0 bridgehead atoms. The molecule has 0 amide bonds. The fraction of sp³-hybridized carbons (Fsp3) is 0.846. The number of hydrogen-bond acceptors (Lipinski definition) is 6. The maximum absolute atomic E-state index is 9.67. The van der Waals surface area contributed by atoms with Crippen molar-refractivity contribution in [1.82, 2.24) is 20.5 Å². The third-order valence-electron chi connectivity index (χ3n) is 4.42. The van der Waals surface area contributed by atoms with Crippen molar-refractivity contribution in [2.45, 2.75) is 57.3 Å². The van der Waals surface area contributed by atoms with E-state index in [1.54, 1.807) is 0 Å². The van der Waals surface area contributed by atoms with Crippen molar-refractivity contribution < 1.29 is 9.74 Å². The Morgan fingerprint density at radius 2 is 2.26 bits per heavy atom. The summed E-state index contributed by atoms with van der Waals surface area (Å²) in [6.45, 7) is 4.48. The second-order valence-electron chi connectivity index (χ2n) is 5.72. The van der Waals surface area contributed by atoms with E-state index in [-0.39, 0.29) is 6.10 Å². The molecule has 1 saturated heterocycles. The average Bonchev–Trinajstić information content (AvgIpc) is 3.07. The number of likely N-dealkylation sites (tertiary alicyclic amines) is 1. The summed E-state index contributed by atoms with van der Waals surface area (Å²) in [6.07, 6.45) is 4.45. The Kier molecular flexibility index (Phi) is 3.81. The molecule has 1 aliphatic carbocycles. The van der Waals surface area contributed by atoms with Crippen LogP contribution in [-0.4, -0.2) is 51.6 Å². The highest BCUT2D eigenvalue weighted by Gasteiger charge is 2.35. The standard InChI is InChI=1S/C13H22N4O2/c1-9-12(16-19-15-9)7-14-11-3-2-4-13(11)17-6-5-10(18)8-17/h10-11,13-14,18H,2-8H2,1H3/t10?,11-,13+/m1/s1. The third-order valence-corrected chi connectivity index (χ3v) is 4.42. The van der Waals surface area contributed by atoms with Crippen molar-refractivity contribution >= 4 is 0 Å². The van der Waals surface area contributed by atoms with Crippen molar-refractivity contribution in [3.8, 4) is 0 Å². The van der Waals surface area contributed by atoms with Crippen LogP contribution >= 0.6 is 0 Å². The number of nitrogens with zero attached hydrogens (tertiary/aromatic N) is 3. The van der Waals surface area contributed by atoms with Crippen LogP contribution in [0.4, 0.5) is 0 Å². The first-order valence-corrected chi connectivity index (χ1v) is 7.17. The van der Waals surface area contributed by atoms with Gasteiger partial charge in [0.15, 0.2) is 0 Å². The van der Waals surface area contributed by atoms with Crippen LogP contribution in [0.1, 0.15) is 37.1 Å². The Balaban J connectivity index is 1.56. The highest BCUT2D eigenvalue weighted by atomic mass is 16.6. The summed E-state index contributed by atoms with van der Waals surface area (Å²) < 4.78 is 4.72. The van der Waals surface area contributed by atoms with Gasteiger partial charge < -0.3 is 10.4 Å². The van der Waals surface area contributed by atoms with Gasteiger partial charge in [0, 0.05) is 31.7 Å². The second-order valence-corrected chi connectivity index (χ2v) is 5.72. The minimum atomic E-state index is -0.136. The molecule has 0 radical (unpaired) electrons. The molecule has 1 unspecified atom stereocenters. The molecule has 0 aromatic carbocycles. The van der Waals surface area contributed by atoms with Crippen molar-refractivity contribution in [2.24, 2.45) is 0 Å². The molecule has 1 aromatic rings. The lowest BCUT2D eigenvalue weighted by Gasteiger charge is -2.29. The molecule has 106 valence electrons. The Morgan fingerprint density at radius 1 is 1.37 bits per heavy atom. The number of β-amino-alcohol motifs (C(OH)–C–C–N with tert-alkyl or cyclic N) is 1. The maximum Gasteiger partial charge on any atom is 0.121 e. The van der Waals surface area contributed by atoms with E-state index >= 15 is 0 Å². The van der Waals surface area contributed by atoms with Gasteiger partial charge >= 0.3 is 0 Å². The van der Waals surface area contributed by atoms with Gasteiger partial charge in [0.1, 0.15) is 11.4 Å². The van der Waals surface area contributed by atoms with E-state index in [4.69, 9.17) is 4.63 Å². The molecule has 2 heterocycles. The van der Waals surface area contributed by atoms with Crippen LogP contribution in [0.2, 0.25) is 0 Å². The van der Waals surface area contributed by atoms with Gasteiger partial charge in [-0.15, -0.1) is 0 Å². The monoisotopic (exact) mass is 266 g/mol. The van der Waals surface area contributed by atoms with Crippen LogP contribution in [0.5, 0.6) is 0 Å². The SMILES string of the molecule is Cc1nonc1CN[C@@H]1CCC[C@@H]1N1CCC(O)C1. The Labute approximate surface area is 113 Å². The van der Waals surface area contributed by atoms with Gasteiger partial charge in [0.2, 0.25) is 0 Å². The molecular formula is C13H22N4O2. The molecule has 2 N–H and O–H groups in total. The van der Waals surface area contributed by atoms with Crippen molar-refractivity contribution in [2.75, 3.05) is 13.1 Å². The zero-order chi connectivity index (χ0) is 13.2. The molecule has 3 rings (SSSR count). The molecule has 2 aliphatic rings. The average molecular weight is 266 g/mol. The van der Waals surface area contributed by atoms with Gasteiger partial charge in [-0.25, -0.2) is 4.63 Å². The van der Waals surface area contributed by atoms with Gasteiger partial charge in [-0.05, 0) is 26.2 Å². The number of aromatic nitrogens is 2. The van der Waals surface area contributed by atoms with E-state index in [0.717, 1.165) is 30.9 Å². The molecule has 3 atom stereocenters. The van der Waals surface area contributed by atoms with Crippen molar-refractivity contribution in [1.29, 1.82) is 0 Å². The molecule has 0 spiro atoms. The van der Waals surface area contributed by atoms with Crippen LogP contribution in [-0.2, 0) is 6.54 Å². The number of aryl methyl sites for hydroxylation is 1. The van der Waals surface area contributed by atoms with Crippen LogP contribution in [0, 0.1) is 6.92 Å². The molecule has 1 saturated carbocycles. The van der Waals surface area contributed by atoms with E-state index in [9.17, 15) is 5.11 Å². The summed E-state index contributed by atoms with van der Waals surface area (Å²) >= 11 is 0. The molecule has 6 nitrogen and oxygen atoms in total. The molecule has 6 heteroatoms. The van der Waals surface area contributed by atoms with Gasteiger partial charge in [-0.1, -0.05) is 16.7 Å². The van der Waals surface area contributed by atoms with Crippen LogP contribution in [0.15, 0.2) is 4.63 Å². The highest BCUT2D eigenvalue weighted by Crippen LogP contribution is 2.27. The predicted octanol–water partition coefficient (Wildman–Crippen LogP) is 0.455. The zero-order valence-electron chi connectivity index (χ0n) is 11.4. The smallest absolute Gasteiger partial charge is 0.121 e. The summed E-state index contributed by atoms with van der Waals surface area (Å²) in [6, 6.07) is 1.04. The minimum Gasteiger partial charge on any atom is -0.392 e. The topological polar surface area (TPSA) is 74.4 Å². The maximum atomic E-state index is 9.67. The zero-order valence-corrected chi connectivity index (χ0v) is 11.4. The fourth-order valence-corrected chi connectivity index (χ4v) is 3.32. The van der Waals surface area contributed by atoms with E-state index in [1.807, 2.05) is 6.92 Å². The van der Waals surface area contributed by atoms with Crippen molar-refractivity contribution in [3.05, 3.63) is 11.4 Å². The molecule has 19 heavy (non-hydrogen) atoms. The second kappa shape index (κ2) is 5.56. The number of nitrogens with one attached hydrogen (secondary N) is 1. The van der Waals surface area contributed by atoms with E-state index in [0.29, 0.717) is 18.6 Å². The molecule has 1 aromatic heterocycles. The number of rotatable bonds is 4. The predicted molar refractivity (Wildman–Crippen MR) is 69.5 cm³/mol. The Hall–Kier alpha value is -0.980. The minimum absolute atomic E-state index is 0.136. The first-order valence-electron chi connectivity index (χ1n) is 7.17. The lowest BCUT2D eigenvalue weighted by atomic mass is 10.1. The normalized spacial score (nSPS) is 32.2. The van der Waals surface area contributed by atoms with Gasteiger partial charge in [-0.3, -0.25) is 4.90 Å². The first kappa shape index (κ1) is 13.0. The summed E-state index contributed by atoms with van der Waals surface area (Å²) in [5.41, 5.74) is 1.76. The van der Waals surface area contributed by atoms with E-state index < -0.39 is 0 Å². The lowest BCUT2D eigenvalue weighted by Crippen LogP contribution is -2.46. The number of hydrogen-bond donors (Lipinski definition) is 2. The quantitative estimate of drug-likeness (QED) is 0.824. The van der Waals surface area contributed by atoms with Crippen LogP contribution in [0.25, 0.3) is 0 Å². The summed E-state index contributed by atoms with van der Waals surface area (Å²) in [5.74, 6) is 0. The summed E-state index contributed by atoms with van der Waals surface area (Å²) in [5, 5.41) is 21.0. The summed E-state index contributed by atoms with van der Waals surface area (Å²) in [7, 11) is 0. The highest BCUT2D eigenvalue weighted by molar-refractivity contribution is 5.05. The third kappa shape index (κ3) is 2.80. The van der Waals surface area contributed by atoms with Gasteiger partial charge in [0.05, 0.1) is 6.10 Å². The lowest BCUT2D eigenvalue weighted by molar-refractivity contribution is 0.149. The number of aliphatic hydroxyl groups is 1. The number of aliphatic hydroxyl groups excluding tert-OH is 1. The van der Waals surface area contributed by atoms with Crippen molar-refractivity contribution in [3.63, 3.8) is 0 Å². The largest absolute Gasteiger partial charge is 0.392 e. The Bertz CT molecular complexity index is 423. The van der Waals surface area contributed by atoms with E-state index in [1.165, 1.54) is 19.3 Å².